The summed E-state index contributed by atoms with van der Waals surface area (Å²) in [5.74, 6) is 0.321. The van der Waals surface area contributed by atoms with Crippen molar-refractivity contribution in [1.29, 1.82) is 5.26 Å². The minimum Gasteiger partial charge on any atom is -0.306 e. The van der Waals surface area contributed by atoms with E-state index in [2.05, 4.69) is 14.6 Å². The van der Waals surface area contributed by atoms with Gasteiger partial charge in [-0.05, 0) is 38.1 Å². The van der Waals surface area contributed by atoms with Crippen LogP contribution in [0.25, 0.3) is 0 Å². The highest BCUT2D eigenvalue weighted by Crippen LogP contribution is 2.16. The summed E-state index contributed by atoms with van der Waals surface area (Å²) in [6.07, 6.45) is 2.39. The van der Waals surface area contributed by atoms with Gasteiger partial charge < -0.3 is 4.90 Å². The predicted molar refractivity (Wildman–Crippen MR) is 69.7 cm³/mol. The molecule has 102 valence electrons. The topological polar surface area (TPSA) is 86.1 Å². The Balaban J connectivity index is 2.08. The second-order valence-corrected chi connectivity index (χ2v) is 6.47. The lowest BCUT2D eigenvalue weighted by Crippen LogP contribution is -2.31. The molecule has 1 fully saturated rings. The molecule has 2 heterocycles. The van der Waals surface area contributed by atoms with Crippen molar-refractivity contribution in [3.63, 3.8) is 0 Å². The molecule has 0 bridgehead atoms. The number of hydrogen-bond acceptors (Lipinski definition) is 5. The second kappa shape index (κ2) is 5.65. The lowest BCUT2D eigenvalue weighted by atomic mass is 10.1. The van der Waals surface area contributed by atoms with Crippen LogP contribution in [0.4, 0.5) is 0 Å². The van der Waals surface area contributed by atoms with Gasteiger partial charge in [0.25, 0.3) is 0 Å². The Kier molecular flexibility index (Phi) is 4.14. The lowest BCUT2D eigenvalue weighted by molar-refractivity contribution is 0.394. The van der Waals surface area contributed by atoms with Gasteiger partial charge in [0, 0.05) is 19.3 Å². The molecule has 1 aromatic rings. The van der Waals surface area contributed by atoms with E-state index >= 15 is 0 Å². The molecule has 1 N–H and O–H groups in total. The molecular formula is C12H16N4O2S. The fourth-order valence-corrected chi connectivity index (χ4v) is 3.41. The number of sulfonamides is 1. The van der Waals surface area contributed by atoms with Crippen LogP contribution in [0.15, 0.2) is 23.2 Å². The number of likely N-dealkylation sites (tertiary alicyclic amines) is 1. The molecule has 6 nitrogen and oxygen atoms in total. The van der Waals surface area contributed by atoms with E-state index in [1.807, 2.05) is 7.05 Å². The molecular weight excluding hydrogens is 264 g/mol. The van der Waals surface area contributed by atoms with E-state index in [0.29, 0.717) is 12.5 Å². The maximum Gasteiger partial charge on any atom is 0.243 e. The number of nitriles is 1. The first-order valence-corrected chi connectivity index (χ1v) is 7.54. The highest BCUT2D eigenvalue weighted by Gasteiger charge is 2.24. The Morgan fingerprint density at radius 2 is 2.42 bits per heavy atom. The molecule has 0 aliphatic carbocycles. The maximum absolute atomic E-state index is 12.1. The van der Waals surface area contributed by atoms with Gasteiger partial charge in [-0.2, -0.15) is 5.26 Å². The van der Waals surface area contributed by atoms with E-state index in [1.165, 1.54) is 18.3 Å². The molecule has 1 unspecified atom stereocenters. The van der Waals surface area contributed by atoms with Crippen LogP contribution in [-0.2, 0) is 10.0 Å². The van der Waals surface area contributed by atoms with Crippen LogP contribution >= 0.6 is 0 Å². The molecule has 0 aromatic carbocycles. The highest BCUT2D eigenvalue weighted by atomic mass is 32.2. The first-order chi connectivity index (χ1) is 9.03. The molecule has 1 aliphatic heterocycles. The summed E-state index contributed by atoms with van der Waals surface area (Å²) in [4.78, 5) is 5.89. The first kappa shape index (κ1) is 13.9. The van der Waals surface area contributed by atoms with Crippen molar-refractivity contribution in [2.75, 3.05) is 26.7 Å². The molecule has 0 spiro atoms. The molecule has 7 heteroatoms. The van der Waals surface area contributed by atoms with E-state index in [4.69, 9.17) is 5.26 Å². The first-order valence-electron chi connectivity index (χ1n) is 6.06. The van der Waals surface area contributed by atoms with Gasteiger partial charge in [0.05, 0.1) is 0 Å². The molecule has 0 radical (unpaired) electrons. The van der Waals surface area contributed by atoms with Gasteiger partial charge in [0.15, 0.2) is 5.69 Å². The zero-order valence-electron chi connectivity index (χ0n) is 10.7. The van der Waals surface area contributed by atoms with Crippen LogP contribution in [0.2, 0.25) is 0 Å². The van der Waals surface area contributed by atoms with Crippen molar-refractivity contribution in [2.45, 2.75) is 11.3 Å². The van der Waals surface area contributed by atoms with Crippen molar-refractivity contribution in [3.05, 3.63) is 24.0 Å². The molecule has 0 saturated carbocycles. The van der Waals surface area contributed by atoms with Crippen LogP contribution in [0.5, 0.6) is 0 Å². The van der Waals surface area contributed by atoms with Gasteiger partial charge in [0.1, 0.15) is 11.0 Å². The summed E-state index contributed by atoms with van der Waals surface area (Å²) >= 11 is 0. The summed E-state index contributed by atoms with van der Waals surface area (Å²) in [5, 5.41) is 8.88. The van der Waals surface area contributed by atoms with Gasteiger partial charge in [-0.15, -0.1) is 0 Å². The van der Waals surface area contributed by atoms with Gasteiger partial charge >= 0.3 is 0 Å². The Bertz CT molecular complexity index is 594. The summed E-state index contributed by atoms with van der Waals surface area (Å²) in [5.41, 5.74) is -0.0708. The summed E-state index contributed by atoms with van der Waals surface area (Å²) in [6, 6.07) is 4.71. The fraction of sp³-hybridized carbons (Fsp3) is 0.500. The monoisotopic (exact) mass is 280 g/mol. The van der Waals surface area contributed by atoms with Crippen LogP contribution in [-0.4, -0.2) is 45.0 Å². The van der Waals surface area contributed by atoms with E-state index < -0.39 is 10.0 Å². The third-order valence-electron chi connectivity index (χ3n) is 3.22. The molecule has 0 amide bonds. The smallest absolute Gasteiger partial charge is 0.243 e. The van der Waals surface area contributed by atoms with Crippen LogP contribution < -0.4 is 4.72 Å². The second-order valence-electron chi connectivity index (χ2n) is 4.73. The minimum absolute atomic E-state index is 0.0520. The zero-order chi connectivity index (χ0) is 13.9. The number of nitrogens with one attached hydrogen (secondary N) is 1. The largest absolute Gasteiger partial charge is 0.306 e. The molecule has 1 saturated heterocycles. The van der Waals surface area contributed by atoms with E-state index in [0.717, 1.165) is 19.5 Å². The quantitative estimate of drug-likeness (QED) is 0.850. The van der Waals surface area contributed by atoms with E-state index in [-0.39, 0.29) is 10.6 Å². The minimum atomic E-state index is -3.66. The number of hydrogen-bond donors (Lipinski definition) is 1. The Hall–Kier alpha value is -1.49. The van der Waals surface area contributed by atoms with Gasteiger partial charge in [-0.25, -0.2) is 18.1 Å². The summed E-state index contributed by atoms with van der Waals surface area (Å²) in [6.45, 7) is 2.27. The van der Waals surface area contributed by atoms with Crippen molar-refractivity contribution < 1.29 is 8.42 Å². The third-order valence-corrected chi connectivity index (χ3v) is 4.67. The van der Waals surface area contributed by atoms with Crippen molar-refractivity contribution in [3.8, 4) is 6.07 Å². The van der Waals surface area contributed by atoms with Crippen molar-refractivity contribution in [2.24, 2.45) is 5.92 Å². The Morgan fingerprint density at radius 1 is 1.63 bits per heavy atom. The molecule has 1 aromatic heterocycles. The fourth-order valence-electron chi connectivity index (χ4n) is 2.19. The molecule has 2 rings (SSSR count). The van der Waals surface area contributed by atoms with E-state index in [1.54, 1.807) is 6.07 Å². The predicted octanol–water partition coefficient (Wildman–Crippen LogP) is 0.183. The number of pyridine rings is 1. The third kappa shape index (κ3) is 3.29. The van der Waals surface area contributed by atoms with Crippen LogP contribution in [0, 0.1) is 17.2 Å². The zero-order valence-corrected chi connectivity index (χ0v) is 11.5. The summed E-state index contributed by atoms with van der Waals surface area (Å²) < 4.78 is 26.8. The standard InChI is InChI=1S/C12H16N4O2S/c1-16-6-4-10(9-16)8-15-19(17,18)12-3-2-5-14-11(12)7-13/h2-3,5,10,15H,4,6,8-9H2,1H3. The number of aromatic nitrogens is 1. The average Bonchev–Trinajstić information content (AvgIpc) is 2.82. The number of rotatable bonds is 4. The van der Waals surface area contributed by atoms with Crippen molar-refractivity contribution in [1.82, 2.24) is 14.6 Å². The van der Waals surface area contributed by atoms with Gasteiger partial charge in [0.2, 0.25) is 10.0 Å². The normalized spacial score (nSPS) is 20.3. The maximum atomic E-state index is 12.1. The Morgan fingerprint density at radius 3 is 3.05 bits per heavy atom. The summed E-state index contributed by atoms with van der Waals surface area (Å²) in [7, 11) is -1.64. The van der Waals surface area contributed by atoms with E-state index in [9.17, 15) is 8.42 Å². The van der Waals surface area contributed by atoms with Crippen molar-refractivity contribution >= 4 is 10.0 Å². The lowest BCUT2D eigenvalue weighted by Gasteiger charge is -2.12. The SMILES string of the molecule is CN1CCC(CNS(=O)(=O)c2cccnc2C#N)C1. The molecule has 19 heavy (non-hydrogen) atoms. The highest BCUT2D eigenvalue weighted by molar-refractivity contribution is 7.89. The van der Waals surface area contributed by atoms with Gasteiger partial charge in [-0.1, -0.05) is 0 Å². The Labute approximate surface area is 113 Å². The van der Waals surface area contributed by atoms with Crippen LogP contribution in [0.3, 0.4) is 0 Å². The average molecular weight is 280 g/mol. The molecule has 1 atom stereocenters. The number of nitrogens with zero attached hydrogens (tertiary/aromatic N) is 3. The van der Waals surface area contributed by atoms with Gasteiger partial charge in [-0.3, -0.25) is 0 Å². The van der Waals surface area contributed by atoms with Crippen LogP contribution in [0.1, 0.15) is 12.1 Å². The molecule has 1 aliphatic rings.